The van der Waals surface area contributed by atoms with E-state index in [1.165, 1.54) is 0 Å². The molecule has 0 bridgehead atoms. The molecule has 0 radical (unpaired) electrons. The second kappa shape index (κ2) is 4.43. The monoisotopic (exact) mass is 322 g/mol. The molecule has 2 N–H and O–H groups in total. The molecule has 0 aromatic heterocycles. The first kappa shape index (κ1) is 13.7. The molecule has 5 rings (SSSR count). The van der Waals surface area contributed by atoms with Crippen LogP contribution in [0.2, 0.25) is 0 Å². The number of fused-ring (bicyclic) bond motifs is 7. The number of rotatable bonds is 0. The van der Waals surface area contributed by atoms with Crippen molar-refractivity contribution >= 4 is 48.8 Å². The van der Waals surface area contributed by atoms with Crippen molar-refractivity contribution < 1.29 is 0 Å². The molecule has 4 heteroatoms. The minimum atomic E-state index is -0.250. The number of nitrogens with two attached hydrogens (primary N) is 1. The van der Waals surface area contributed by atoms with Gasteiger partial charge in [0.25, 0.3) is 0 Å². The molecule has 0 saturated carbocycles. The lowest BCUT2D eigenvalue weighted by atomic mass is 9.99. The van der Waals surface area contributed by atoms with Gasteiger partial charge >= 0.3 is 0 Å². The average Bonchev–Trinajstić information content (AvgIpc) is 3.10. The van der Waals surface area contributed by atoms with Gasteiger partial charge in [-0.05, 0) is 10.8 Å². The maximum Gasteiger partial charge on any atom is 0.195 e. The van der Waals surface area contributed by atoms with Crippen molar-refractivity contribution in [2.45, 2.75) is 0 Å². The SMILES string of the molecule is N#Cc1c(N)c2c3ccccc3c(=O)c2c2c1c(=O)c1ccccc12. The highest BCUT2D eigenvalue weighted by Crippen LogP contribution is 2.40. The van der Waals surface area contributed by atoms with E-state index >= 15 is 0 Å². The molecule has 0 atom stereocenters. The van der Waals surface area contributed by atoms with Gasteiger partial charge in [-0.25, -0.2) is 0 Å². The van der Waals surface area contributed by atoms with E-state index in [0.29, 0.717) is 32.3 Å². The summed E-state index contributed by atoms with van der Waals surface area (Å²) in [6.07, 6.45) is 0. The summed E-state index contributed by atoms with van der Waals surface area (Å²) in [4.78, 5) is 25.9. The van der Waals surface area contributed by atoms with Crippen LogP contribution in [0.15, 0.2) is 58.1 Å². The fourth-order valence-corrected chi connectivity index (χ4v) is 3.96. The largest absolute Gasteiger partial charge is 0.397 e. The van der Waals surface area contributed by atoms with Gasteiger partial charge in [0.1, 0.15) is 6.07 Å². The first-order chi connectivity index (χ1) is 12.1. The predicted octanol–water partition coefficient (Wildman–Crippen LogP) is 3.35. The van der Waals surface area contributed by atoms with Crippen LogP contribution in [0.3, 0.4) is 0 Å². The molecule has 0 saturated heterocycles. The quantitative estimate of drug-likeness (QED) is 0.443. The Morgan fingerprint density at radius 3 is 1.72 bits per heavy atom. The lowest BCUT2D eigenvalue weighted by Crippen LogP contribution is -2.02. The molecule has 5 aromatic carbocycles. The smallest absolute Gasteiger partial charge is 0.195 e. The first-order valence-electron chi connectivity index (χ1n) is 7.83. The molecule has 0 aliphatic rings. The summed E-state index contributed by atoms with van der Waals surface area (Å²) in [6, 6.07) is 16.4. The summed E-state index contributed by atoms with van der Waals surface area (Å²) in [5.41, 5.74) is 6.22. The summed E-state index contributed by atoms with van der Waals surface area (Å²) in [6.45, 7) is 0. The standard InChI is InChI=1S/C21H10N2O2/c22-9-14-17-15(10-5-1-3-7-12(10)20(17)24)18-16(19(14)23)11-6-2-4-8-13(11)21(18)25/h1-8H,23H2. The van der Waals surface area contributed by atoms with E-state index in [-0.39, 0.29) is 27.5 Å². The average molecular weight is 322 g/mol. The van der Waals surface area contributed by atoms with Gasteiger partial charge in [-0.2, -0.15) is 5.26 Å². The third-order valence-electron chi connectivity index (χ3n) is 4.99. The fraction of sp³-hybridized carbons (Fsp3) is 0. The zero-order chi connectivity index (χ0) is 17.3. The van der Waals surface area contributed by atoms with Crippen molar-refractivity contribution in [3.8, 4) is 6.07 Å². The Morgan fingerprint density at radius 1 is 0.680 bits per heavy atom. The molecule has 0 fully saturated rings. The van der Waals surface area contributed by atoms with Crippen LogP contribution in [0.1, 0.15) is 5.56 Å². The molecule has 0 aliphatic carbocycles. The normalized spacial score (nSPS) is 11.6. The maximum atomic E-state index is 13.1. The summed E-state index contributed by atoms with van der Waals surface area (Å²) in [7, 11) is 0. The van der Waals surface area contributed by atoms with Gasteiger partial charge in [0.2, 0.25) is 0 Å². The van der Waals surface area contributed by atoms with Crippen LogP contribution in [0.4, 0.5) is 5.69 Å². The van der Waals surface area contributed by atoms with Gasteiger partial charge < -0.3 is 5.73 Å². The molecule has 4 nitrogen and oxygen atoms in total. The number of nitrogens with zero attached hydrogens (tertiary/aromatic N) is 1. The van der Waals surface area contributed by atoms with Crippen LogP contribution < -0.4 is 16.6 Å². The second-order valence-corrected chi connectivity index (χ2v) is 6.15. The lowest BCUT2D eigenvalue weighted by molar-refractivity contribution is 1.51. The number of benzene rings is 3. The summed E-state index contributed by atoms with van der Waals surface area (Å²) in [5, 5.41) is 13.9. The Labute approximate surface area is 141 Å². The Kier molecular flexibility index (Phi) is 2.43. The maximum absolute atomic E-state index is 13.1. The molecule has 0 aliphatic heterocycles. The van der Waals surface area contributed by atoms with Crippen molar-refractivity contribution in [3.05, 3.63) is 74.5 Å². The number of anilines is 1. The zero-order valence-corrected chi connectivity index (χ0v) is 13.0. The van der Waals surface area contributed by atoms with Gasteiger partial charge in [-0.15, -0.1) is 0 Å². The molecule has 25 heavy (non-hydrogen) atoms. The van der Waals surface area contributed by atoms with Crippen LogP contribution >= 0.6 is 0 Å². The van der Waals surface area contributed by atoms with Crippen LogP contribution in [0.25, 0.3) is 43.1 Å². The van der Waals surface area contributed by atoms with Gasteiger partial charge in [0.05, 0.1) is 16.6 Å². The lowest BCUT2D eigenvalue weighted by Gasteiger charge is -2.04. The van der Waals surface area contributed by atoms with Crippen molar-refractivity contribution in [1.29, 1.82) is 5.26 Å². The third kappa shape index (κ3) is 1.46. The number of nitriles is 1. The highest BCUT2D eigenvalue weighted by molar-refractivity contribution is 6.33. The molecular formula is C21H10N2O2. The number of hydrogen-bond donors (Lipinski definition) is 1. The van der Waals surface area contributed by atoms with Crippen molar-refractivity contribution in [2.75, 3.05) is 5.73 Å². The Bertz CT molecular complexity index is 1500. The summed E-state index contributed by atoms with van der Waals surface area (Å²) < 4.78 is 0. The predicted molar refractivity (Wildman–Crippen MR) is 101 cm³/mol. The third-order valence-corrected chi connectivity index (χ3v) is 4.99. The highest BCUT2D eigenvalue weighted by Gasteiger charge is 2.24. The van der Waals surface area contributed by atoms with E-state index < -0.39 is 0 Å². The van der Waals surface area contributed by atoms with E-state index in [1.807, 2.05) is 24.3 Å². The first-order valence-corrected chi connectivity index (χ1v) is 7.83. The molecule has 5 aromatic rings. The van der Waals surface area contributed by atoms with E-state index in [4.69, 9.17) is 5.73 Å². The van der Waals surface area contributed by atoms with Gasteiger partial charge in [-0.1, -0.05) is 48.5 Å². The minimum absolute atomic E-state index is 0.150. The second-order valence-electron chi connectivity index (χ2n) is 6.15. The zero-order valence-electron chi connectivity index (χ0n) is 13.0. The van der Waals surface area contributed by atoms with Crippen molar-refractivity contribution in [1.82, 2.24) is 0 Å². The molecule has 116 valence electrons. The van der Waals surface area contributed by atoms with Crippen LogP contribution in [0.5, 0.6) is 0 Å². The van der Waals surface area contributed by atoms with E-state index in [1.54, 1.807) is 24.3 Å². The van der Waals surface area contributed by atoms with Gasteiger partial charge in [0, 0.05) is 26.9 Å². The topological polar surface area (TPSA) is 83.9 Å². The Morgan fingerprint density at radius 2 is 1.16 bits per heavy atom. The highest BCUT2D eigenvalue weighted by atomic mass is 16.1. The molecule has 0 amide bonds. The molecule has 0 heterocycles. The van der Waals surface area contributed by atoms with E-state index in [2.05, 4.69) is 6.07 Å². The molecule has 0 unspecified atom stereocenters. The van der Waals surface area contributed by atoms with Crippen LogP contribution in [-0.2, 0) is 0 Å². The summed E-state index contributed by atoms with van der Waals surface area (Å²) >= 11 is 0. The minimum Gasteiger partial charge on any atom is -0.397 e. The number of hydrogen-bond acceptors (Lipinski definition) is 4. The van der Waals surface area contributed by atoms with Crippen molar-refractivity contribution in [2.24, 2.45) is 0 Å². The molecular weight excluding hydrogens is 312 g/mol. The Hall–Kier alpha value is -3.71. The van der Waals surface area contributed by atoms with Crippen LogP contribution in [-0.4, -0.2) is 0 Å². The van der Waals surface area contributed by atoms with E-state index in [0.717, 1.165) is 5.39 Å². The van der Waals surface area contributed by atoms with Gasteiger partial charge in [0.15, 0.2) is 10.9 Å². The van der Waals surface area contributed by atoms with Crippen LogP contribution in [0, 0.1) is 11.3 Å². The summed E-state index contributed by atoms with van der Waals surface area (Å²) in [5.74, 6) is 0. The number of nitrogen functional groups attached to an aromatic ring is 1. The van der Waals surface area contributed by atoms with Gasteiger partial charge in [-0.3, -0.25) is 9.59 Å². The Balaban J connectivity index is 2.33. The fourth-order valence-electron chi connectivity index (χ4n) is 3.96. The molecule has 0 spiro atoms. The van der Waals surface area contributed by atoms with E-state index in [9.17, 15) is 14.9 Å². The van der Waals surface area contributed by atoms with Crippen molar-refractivity contribution in [3.63, 3.8) is 0 Å².